The molecule has 0 radical (unpaired) electrons. The number of aryl methyl sites for hydroxylation is 1. The van der Waals surface area contributed by atoms with Gasteiger partial charge in [0.1, 0.15) is 0 Å². The van der Waals surface area contributed by atoms with E-state index < -0.39 is 0 Å². The van der Waals surface area contributed by atoms with Crippen LogP contribution in [-0.4, -0.2) is 11.5 Å². The molecule has 0 fully saturated rings. The molecule has 1 aromatic heterocycles. The molecule has 0 saturated heterocycles. The Hall–Kier alpha value is -1.54. The summed E-state index contributed by atoms with van der Waals surface area (Å²) in [5.41, 5.74) is 3.22. The Morgan fingerprint density at radius 1 is 1.00 bits per heavy atom. The quantitative estimate of drug-likeness (QED) is 0.554. The third-order valence-electron chi connectivity index (χ3n) is 3.87. The van der Waals surface area contributed by atoms with Gasteiger partial charge in [0.2, 0.25) is 0 Å². The minimum atomic E-state index is 0.782. The van der Waals surface area contributed by atoms with Crippen LogP contribution in [0.4, 0.5) is 11.4 Å². The molecule has 3 heteroatoms. The van der Waals surface area contributed by atoms with Crippen LogP contribution < -0.4 is 4.90 Å². The van der Waals surface area contributed by atoms with Gasteiger partial charge in [0.15, 0.2) is 0 Å². The van der Waals surface area contributed by atoms with E-state index in [-0.39, 0.29) is 0 Å². The van der Waals surface area contributed by atoms with E-state index in [2.05, 4.69) is 48.0 Å². The van der Waals surface area contributed by atoms with Crippen molar-refractivity contribution in [2.75, 3.05) is 11.4 Å². The van der Waals surface area contributed by atoms with E-state index in [9.17, 15) is 0 Å². The summed E-state index contributed by atoms with van der Waals surface area (Å²) < 4.78 is 0. The molecule has 0 amide bonds. The molecule has 0 N–H and O–H groups in total. The Morgan fingerprint density at radius 2 is 1.77 bits per heavy atom. The number of para-hydroxylation sites is 1. The summed E-state index contributed by atoms with van der Waals surface area (Å²) >= 11 is 6.59. The molecule has 2 nitrogen and oxygen atoms in total. The maximum absolute atomic E-state index is 6.59. The lowest BCUT2D eigenvalue weighted by atomic mass is 10.1. The van der Waals surface area contributed by atoms with E-state index in [0.29, 0.717) is 0 Å². The van der Waals surface area contributed by atoms with Gasteiger partial charge < -0.3 is 4.90 Å². The van der Waals surface area contributed by atoms with Gasteiger partial charge in [-0.2, -0.15) is 0 Å². The van der Waals surface area contributed by atoms with E-state index in [1.807, 2.05) is 18.3 Å². The van der Waals surface area contributed by atoms with E-state index in [0.717, 1.165) is 29.4 Å². The summed E-state index contributed by atoms with van der Waals surface area (Å²) in [4.78, 5) is 6.70. The number of anilines is 2. The van der Waals surface area contributed by atoms with Crippen LogP contribution in [-0.2, 0) is 6.42 Å². The molecule has 0 unspecified atom stereocenters. The lowest BCUT2D eigenvalue weighted by molar-refractivity contribution is 0.668. The van der Waals surface area contributed by atoms with Gasteiger partial charge >= 0.3 is 0 Å². The average Bonchev–Trinajstić information content (AvgIpc) is 2.57. The monoisotopic (exact) mass is 316 g/mol. The first-order valence-electron chi connectivity index (χ1n) is 8.23. The van der Waals surface area contributed by atoms with Gasteiger partial charge in [-0.25, -0.2) is 0 Å². The van der Waals surface area contributed by atoms with Crippen molar-refractivity contribution in [1.29, 1.82) is 0 Å². The van der Waals surface area contributed by atoms with Crippen molar-refractivity contribution in [3.05, 3.63) is 53.3 Å². The summed E-state index contributed by atoms with van der Waals surface area (Å²) in [5.74, 6) is 0. The van der Waals surface area contributed by atoms with Crippen molar-refractivity contribution < 1.29 is 0 Å². The molecule has 1 heterocycles. The SMILES string of the molecule is CCCCCCN(c1ccccc1)c1ccnc(CC)c1Cl. The molecular weight excluding hydrogens is 292 g/mol. The predicted molar refractivity (Wildman–Crippen MR) is 96.2 cm³/mol. The first-order valence-corrected chi connectivity index (χ1v) is 8.61. The van der Waals surface area contributed by atoms with E-state index in [1.165, 1.54) is 31.4 Å². The third-order valence-corrected chi connectivity index (χ3v) is 4.28. The van der Waals surface area contributed by atoms with Gasteiger partial charge in [-0.15, -0.1) is 0 Å². The standard InChI is InChI=1S/C19H25ClN2/c1-3-5-6-10-15-22(16-11-8-7-9-12-16)18-13-14-21-17(4-2)19(18)20/h7-9,11-14H,3-6,10,15H2,1-2H3. The summed E-state index contributed by atoms with van der Waals surface area (Å²) in [6, 6.07) is 12.5. The highest BCUT2D eigenvalue weighted by atomic mass is 35.5. The second-order valence-electron chi connectivity index (χ2n) is 5.49. The van der Waals surface area contributed by atoms with Crippen LogP contribution in [0.1, 0.15) is 45.2 Å². The van der Waals surface area contributed by atoms with Crippen LogP contribution in [0.25, 0.3) is 0 Å². The smallest absolute Gasteiger partial charge is 0.0858 e. The van der Waals surface area contributed by atoms with Crippen molar-refractivity contribution in [3.63, 3.8) is 0 Å². The topological polar surface area (TPSA) is 16.1 Å². The highest BCUT2D eigenvalue weighted by Crippen LogP contribution is 2.33. The number of unbranched alkanes of at least 4 members (excludes halogenated alkanes) is 3. The van der Waals surface area contributed by atoms with Gasteiger partial charge in [0.05, 0.1) is 16.4 Å². The number of rotatable bonds is 8. The summed E-state index contributed by atoms with van der Waals surface area (Å²) in [6.07, 6.45) is 7.67. The summed E-state index contributed by atoms with van der Waals surface area (Å²) in [7, 11) is 0. The molecule has 0 saturated carbocycles. The van der Waals surface area contributed by atoms with E-state index in [1.54, 1.807) is 0 Å². The van der Waals surface area contributed by atoms with Gasteiger partial charge in [-0.1, -0.05) is 62.9 Å². The van der Waals surface area contributed by atoms with Crippen LogP contribution in [0.2, 0.25) is 5.02 Å². The molecule has 118 valence electrons. The minimum absolute atomic E-state index is 0.782. The van der Waals surface area contributed by atoms with Gasteiger partial charge in [0, 0.05) is 18.4 Å². The number of hydrogen-bond donors (Lipinski definition) is 0. The van der Waals surface area contributed by atoms with Crippen molar-refractivity contribution in [1.82, 2.24) is 4.98 Å². The molecule has 2 aromatic rings. The molecule has 22 heavy (non-hydrogen) atoms. The Labute approximate surface area is 139 Å². The molecule has 1 aromatic carbocycles. The molecule has 0 aliphatic heterocycles. The normalized spacial score (nSPS) is 10.7. The number of nitrogens with zero attached hydrogens (tertiary/aromatic N) is 2. The molecule has 0 bridgehead atoms. The molecule has 0 aliphatic rings. The van der Waals surface area contributed by atoms with Crippen LogP contribution in [0, 0.1) is 0 Å². The molecule has 0 spiro atoms. The number of hydrogen-bond acceptors (Lipinski definition) is 2. The highest BCUT2D eigenvalue weighted by Gasteiger charge is 2.14. The largest absolute Gasteiger partial charge is 0.340 e. The highest BCUT2D eigenvalue weighted by molar-refractivity contribution is 6.34. The van der Waals surface area contributed by atoms with Gasteiger partial charge in [-0.05, 0) is 31.0 Å². The van der Waals surface area contributed by atoms with Crippen LogP contribution >= 0.6 is 11.6 Å². The van der Waals surface area contributed by atoms with Crippen molar-refractivity contribution in [2.45, 2.75) is 46.0 Å². The number of pyridine rings is 1. The Balaban J connectivity index is 2.28. The zero-order valence-electron chi connectivity index (χ0n) is 13.6. The Kier molecular flexibility index (Phi) is 6.73. The maximum atomic E-state index is 6.59. The number of halogens is 1. The van der Waals surface area contributed by atoms with Gasteiger partial charge in [-0.3, -0.25) is 4.98 Å². The second kappa shape index (κ2) is 8.79. The maximum Gasteiger partial charge on any atom is 0.0858 e. The zero-order chi connectivity index (χ0) is 15.8. The van der Waals surface area contributed by atoms with Gasteiger partial charge in [0.25, 0.3) is 0 Å². The number of benzene rings is 1. The Morgan fingerprint density at radius 3 is 2.45 bits per heavy atom. The fourth-order valence-corrected chi connectivity index (χ4v) is 2.97. The summed E-state index contributed by atoms with van der Waals surface area (Å²) in [5, 5.41) is 0.782. The molecule has 2 rings (SSSR count). The zero-order valence-corrected chi connectivity index (χ0v) is 14.3. The van der Waals surface area contributed by atoms with Crippen molar-refractivity contribution in [2.24, 2.45) is 0 Å². The third kappa shape index (κ3) is 4.23. The lowest BCUT2D eigenvalue weighted by Crippen LogP contribution is -2.19. The Bertz CT molecular complexity index is 569. The molecule has 0 atom stereocenters. The van der Waals surface area contributed by atoms with Crippen LogP contribution in [0.15, 0.2) is 42.6 Å². The van der Waals surface area contributed by atoms with Crippen molar-refractivity contribution >= 4 is 23.0 Å². The lowest BCUT2D eigenvalue weighted by Gasteiger charge is -2.26. The van der Waals surface area contributed by atoms with Crippen LogP contribution in [0.3, 0.4) is 0 Å². The molecule has 0 aliphatic carbocycles. The second-order valence-corrected chi connectivity index (χ2v) is 5.87. The molecular formula is C19H25ClN2. The minimum Gasteiger partial charge on any atom is -0.340 e. The fraction of sp³-hybridized carbons (Fsp3) is 0.421. The van der Waals surface area contributed by atoms with Crippen molar-refractivity contribution in [3.8, 4) is 0 Å². The summed E-state index contributed by atoms with van der Waals surface area (Å²) in [6.45, 7) is 5.31. The first kappa shape index (κ1) is 16.8. The average molecular weight is 317 g/mol. The number of aromatic nitrogens is 1. The van der Waals surface area contributed by atoms with E-state index in [4.69, 9.17) is 11.6 Å². The van der Waals surface area contributed by atoms with E-state index >= 15 is 0 Å². The van der Waals surface area contributed by atoms with Crippen LogP contribution in [0.5, 0.6) is 0 Å². The first-order chi connectivity index (χ1) is 10.8. The predicted octanol–water partition coefficient (Wildman–Crippen LogP) is 6.02. The fourth-order valence-electron chi connectivity index (χ4n) is 2.62.